The van der Waals surface area contributed by atoms with Gasteiger partial charge in [-0.25, -0.2) is 0 Å². The number of hydrogen-bond acceptors (Lipinski definition) is 2. The fourth-order valence-corrected chi connectivity index (χ4v) is 3.21. The zero-order valence-electron chi connectivity index (χ0n) is 11.3. The molecule has 2 aromatic carbocycles. The number of nitrogens with zero attached hydrogens (tertiary/aromatic N) is 1. The molecular weight excluding hydrogens is 270 g/mol. The minimum absolute atomic E-state index is 0.0124. The molecule has 1 aliphatic rings. The topological polar surface area (TPSA) is 23.5 Å². The molecule has 0 saturated carbocycles. The number of rotatable bonds is 3. The Balaban J connectivity index is 1.83. The number of benzene rings is 2. The molecule has 0 aromatic heterocycles. The van der Waals surface area contributed by atoms with Gasteiger partial charge in [0.05, 0.1) is 6.61 Å². The van der Waals surface area contributed by atoms with Crippen molar-refractivity contribution in [3.8, 4) is 0 Å². The quantitative estimate of drug-likeness (QED) is 0.927. The third-order valence-electron chi connectivity index (χ3n) is 4.05. The van der Waals surface area contributed by atoms with Crippen molar-refractivity contribution >= 4 is 17.3 Å². The second-order valence-electron chi connectivity index (χ2n) is 5.24. The molecule has 1 N–H and O–H groups in total. The molecule has 2 nitrogen and oxygen atoms in total. The lowest BCUT2D eigenvalue weighted by Crippen LogP contribution is -2.20. The molecule has 2 aromatic rings. The molecule has 1 fully saturated rings. The van der Waals surface area contributed by atoms with E-state index in [0.29, 0.717) is 10.9 Å². The Morgan fingerprint density at radius 2 is 1.90 bits per heavy atom. The van der Waals surface area contributed by atoms with E-state index in [2.05, 4.69) is 35.2 Å². The molecule has 1 saturated heterocycles. The van der Waals surface area contributed by atoms with Gasteiger partial charge in [0.1, 0.15) is 0 Å². The molecular formula is C17H18ClNO. The first-order valence-corrected chi connectivity index (χ1v) is 7.35. The molecule has 1 heterocycles. The van der Waals surface area contributed by atoms with Crippen molar-refractivity contribution in [3.05, 3.63) is 64.7 Å². The second-order valence-corrected chi connectivity index (χ2v) is 5.65. The van der Waals surface area contributed by atoms with Gasteiger partial charge in [-0.1, -0.05) is 48.0 Å². The summed E-state index contributed by atoms with van der Waals surface area (Å²) in [6.07, 6.45) is 1.14. The fraction of sp³-hybridized carbons (Fsp3) is 0.294. The molecule has 0 bridgehead atoms. The van der Waals surface area contributed by atoms with E-state index in [9.17, 15) is 5.11 Å². The van der Waals surface area contributed by atoms with E-state index in [1.54, 1.807) is 0 Å². The van der Waals surface area contributed by atoms with Crippen LogP contribution in [0.4, 0.5) is 5.69 Å². The highest BCUT2D eigenvalue weighted by atomic mass is 35.5. The van der Waals surface area contributed by atoms with Crippen LogP contribution in [0.2, 0.25) is 5.02 Å². The zero-order valence-corrected chi connectivity index (χ0v) is 12.1. The number of aliphatic hydroxyl groups excluding tert-OH is 1. The third-order valence-corrected chi connectivity index (χ3v) is 4.41. The lowest BCUT2D eigenvalue weighted by molar-refractivity contribution is 0.282. The highest BCUT2D eigenvalue weighted by Crippen LogP contribution is 2.34. The number of halogens is 1. The molecule has 1 atom stereocenters. The summed E-state index contributed by atoms with van der Waals surface area (Å²) in [5.41, 5.74) is 3.30. The standard InChI is InChI=1S/C17H18ClNO/c18-16-7-4-8-17(15(16)12-20)19-10-9-14(11-19)13-5-2-1-3-6-13/h1-8,14,20H,9-12H2. The maximum Gasteiger partial charge on any atom is 0.0716 e. The van der Waals surface area contributed by atoms with E-state index in [-0.39, 0.29) is 6.61 Å². The van der Waals surface area contributed by atoms with Crippen LogP contribution in [0.25, 0.3) is 0 Å². The maximum atomic E-state index is 9.53. The van der Waals surface area contributed by atoms with Crippen molar-refractivity contribution in [1.29, 1.82) is 0 Å². The van der Waals surface area contributed by atoms with Crippen LogP contribution in [-0.4, -0.2) is 18.2 Å². The lowest BCUT2D eigenvalue weighted by Gasteiger charge is -2.22. The van der Waals surface area contributed by atoms with Gasteiger partial charge in [-0.2, -0.15) is 0 Å². The van der Waals surface area contributed by atoms with E-state index in [4.69, 9.17) is 11.6 Å². The summed E-state index contributed by atoms with van der Waals surface area (Å²) < 4.78 is 0. The molecule has 0 spiro atoms. The first-order valence-electron chi connectivity index (χ1n) is 6.97. The summed E-state index contributed by atoms with van der Waals surface area (Å²) in [7, 11) is 0. The predicted octanol–water partition coefficient (Wildman–Crippen LogP) is 3.83. The summed E-state index contributed by atoms with van der Waals surface area (Å²) in [6, 6.07) is 16.5. The first-order chi connectivity index (χ1) is 9.79. The van der Waals surface area contributed by atoms with Crippen molar-refractivity contribution in [2.75, 3.05) is 18.0 Å². The van der Waals surface area contributed by atoms with Gasteiger partial charge in [0.15, 0.2) is 0 Å². The number of aliphatic hydroxyl groups is 1. The van der Waals surface area contributed by atoms with Crippen LogP contribution in [0, 0.1) is 0 Å². The van der Waals surface area contributed by atoms with Crippen LogP contribution < -0.4 is 4.90 Å². The van der Waals surface area contributed by atoms with Gasteiger partial charge in [0.25, 0.3) is 0 Å². The highest BCUT2D eigenvalue weighted by Gasteiger charge is 2.25. The third kappa shape index (κ3) is 2.54. The Bertz CT molecular complexity index is 585. The van der Waals surface area contributed by atoms with Crippen molar-refractivity contribution in [2.24, 2.45) is 0 Å². The van der Waals surface area contributed by atoms with Gasteiger partial charge < -0.3 is 10.0 Å². The van der Waals surface area contributed by atoms with Crippen molar-refractivity contribution in [1.82, 2.24) is 0 Å². The van der Waals surface area contributed by atoms with Gasteiger partial charge in [0.2, 0.25) is 0 Å². The van der Waals surface area contributed by atoms with Gasteiger partial charge >= 0.3 is 0 Å². The van der Waals surface area contributed by atoms with Crippen LogP contribution >= 0.6 is 11.6 Å². The SMILES string of the molecule is OCc1c(Cl)cccc1N1CCC(c2ccccc2)C1. The molecule has 0 aliphatic carbocycles. The molecule has 1 unspecified atom stereocenters. The molecule has 20 heavy (non-hydrogen) atoms. The molecule has 1 aliphatic heterocycles. The maximum absolute atomic E-state index is 9.53. The van der Waals surface area contributed by atoms with Crippen LogP contribution in [0.1, 0.15) is 23.5 Å². The van der Waals surface area contributed by atoms with Crippen molar-refractivity contribution in [3.63, 3.8) is 0 Å². The Morgan fingerprint density at radius 3 is 2.65 bits per heavy atom. The highest BCUT2D eigenvalue weighted by molar-refractivity contribution is 6.31. The van der Waals surface area contributed by atoms with Gasteiger partial charge in [-0.05, 0) is 24.1 Å². The molecule has 0 radical (unpaired) electrons. The predicted molar refractivity (Wildman–Crippen MR) is 83.4 cm³/mol. The van der Waals surface area contributed by atoms with Crippen molar-refractivity contribution in [2.45, 2.75) is 18.9 Å². The van der Waals surface area contributed by atoms with Crippen molar-refractivity contribution < 1.29 is 5.11 Å². The summed E-state index contributed by atoms with van der Waals surface area (Å²) >= 11 is 6.17. The Labute approximate surface area is 124 Å². The Hall–Kier alpha value is -1.51. The summed E-state index contributed by atoms with van der Waals surface area (Å²) in [5.74, 6) is 0.557. The number of anilines is 1. The van der Waals surface area contributed by atoms with Gasteiger partial charge in [-0.3, -0.25) is 0 Å². The van der Waals surface area contributed by atoms with E-state index < -0.39 is 0 Å². The zero-order chi connectivity index (χ0) is 13.9. The minimum Gasteiger partial charge on any atom is -0.392 e. The lowest BCUT2D eigenvalue weighted by atomic mass is 9.99. The minimum atomic E-state index is -0.0124. The smallest absolute Gasteiger partial charge is 0.0716 e. The summed E-state index contributed by atoms with van der Waals surface area (Å²) in [5, 5.41) is 10.2. The van der Waals surface area contributed by atoms with Gasteiger partial charge in [0, 0.05) is 35.3 Å². The van der Waals surface area contributed by atoms with E-state index in [1.807, 2.05) is 18.2 Å². The summed E-state index contributed by atoms with van der Waals surface area (Å²) in [6.45, 7) is 1.98. The van der Waals surface area contributed by atoms with E-state index >= 15 is 0 Å². The fourth-order valence-electron chi connectivity index (χ4n) is 2.98. The van der Waals surface area contributed by atoms with Crippen LogP contribution in [0.3, 0.4) is 0 Å². The summed E-state index contributed by atoms with van der Waals surface area (Å²) in [4.78, 5) is 2.33. The average molecular weight is 288 g/mol. The average Bonchev–Trinajstić information content (AvgIpc) is 2.97. The van der Waals surface area contributed by atoms with Crippen LogP contribution in [0.5, 0.6) is 0 Å². The molecule has 3 rings (SSSR count). The normalized spacial score (nSPS) is 18.5. The van der Waals surface area contributed by atoms with E-state index in [0.717, 1.165) is 30.8 Å². The Morgan fingerprint density at radius 1 is 1.10 bits per heavy atom. The van der Waals surface area contributed by atoms with Gasteiger partial charge in [-0.15, -0.1) is 0 Å². The van der Waals surface area contributed by atoms with Crippen LogP contribution in [-0.2, 0) is 6.61 Å². The molecule has 3 heteroatoms. The Kier molecular flexibility index (Phi) is 3.95. The number of hydrogen-bond donors (Lipinski definition) is 1. The molecule has 0 amide bonds. The van der Waals surface area contributed by atoms with E-state index in [1.165, 1.54) is 5.56 Å². The van der Waals surface area contributed by atoms with Crippen LogP contribution in [0.15, 0.2) is 48.5 Å². The monoisotopic (exact) mass is 287 g/mol. The second kappa shape index (κ2) is 5.86. The first kappa shape index (κ1) is 13.5. The molecule has 104 valence electrons. The largest absolute Gasteiger partial charge is 0.392 e.